The number of nitriles is 1. The fourth-order valence-electron chi connectivity index (χ4n) is 2.26. The first-order valence-corrected chi connectivity index (χ1v) is 7.27. The molecule has 0 unspecified atom stereocenters. The molecule has 0 saturated carbocycles. The number of fused-ring (bicyclic) bond motifs is 1. The topological polar surface area (TPSA) is 41.6 Å². The molecule has 0 amide bonds. The summed E-state index contributed by atoms with van der Waals surface area (Å²) in [6.07, 6.45) is 3.57. The van der Waals surface area contributed by atoms with Gasteiger partial charge in [0.2, 0.25) is 0 Å². The second-order valence-electron chi connectivity index (χ2n) is 4.73. The summed E-state index contributed by atoms with van der Waals surface area (Å²) in [6.45, 7) is 0. The third-order valence-electron chi connectivity index (χ3n) is 3.40. The van der Waals surface area contributed by atoms with E-state index in [0.717, 1.165) is 21.1 Å². The first kappa shape index (κ1) is 13.6. The van der Waals surface area contributed by atoms with E-state index in [1.54, 1.807) is 10.9 Å². The predicted octanol–water partition coefficient (Wildman–Crippen LogP) is 4.40. The Hall–Kier alpha value is -2.38. The van der Waals surface area contributed by atoms with Gasteiger partial charge in [0, 0.05) is 7.05 Å². The van der Waals surface area contributed by atoms with E-state index in [2.05, 4.69) is 33.2 Å². The molecule has 0 atom stereocenters. The SMILES string of the molecule is Cn1ncc(Br)c1/C=C(\C#N)c1ccc2ccccc2c1. The van der Waals surface area contributed by atoms with Crippen molar-refractivity contribution in [2.45, 2.75) is 0 Å². The summed E-state index contributed by atoms with van der Waals surface area (Å²) in [7, 11) is 1.85. The van der Waals surface area contributed by atoms with E-state index < -0.39 is 0 Å². The molecular weight excluding hydrogens is 326 g/mol. The Morgan fingerprint density at radius 1 is 1.24 bits per heavy atom. The zero-order valence-corrected chi connectivity index (χ0v) is 13.0. The second kappa shape index (κ2) is 5.55. The van der Waals surface area contributed by atoms with Crippen LogP contribution in [0, 0.1) is 11.3 Å². The molecule has 0 fully saturated rings. The number of hydrogen-bond donors (Lipinski definition) is 0. The minimum atomic E-state index is 0.616. The van der Waals surface area contributed by atoms with E-state index in [1.165, 1.54) is 5.39 Å². The monoisotopic (exact) mass is 337 g/mol. The molecule has 102 valence electrons. The maximum atomic E-state index is 9.47. The van der Waals surface area contributed by atoms with E-state index in [-0.39, 0.29) is 0 Å². The molecular formula is C17H12BrN3. The summed E-state index contributed by atoms with van der Waals surface area (Å²) in [4.78, 5) is 0. The molecule has 0 N–H and O–H groups in total. The summed E-state index contributed by atoms with van der Waals surface area (Å²) in [5.74, 6) is 0. The van der Waals surface area contributed by atoms with E-state index in [9.17, 15) is 5.26 Å². The zero-order valence-electron chi connectivity index (χ0n) is 11.4. The van der Waals surface area contributed by atoms with E-state index in [1.807, 2.05) is 49.5 Å². The van der Waals surface area contributed by atoms with Crippen molar-refractivity contribution in [3.8, 4) is 6.07 Å². The molecule has 1 aromatic heterocycles. The van der Waals surface area contributed by atoms with Crippen molar-refractivity contribution >= 4 is 38.4 Å². The number of allylic oxidation sites excluding steroid dienone is 1. The van der Waals surface area contributed by atoms with Crippen LogP contribution in [-0.2, 0) is 7.05 Å². The number of aryl methyl sites for hydroxylation is 1. The summed E-state index contributed by atoms with van der Waals surface area (Å²) in [6, 6.07) is 16.4. The molecule has 2 aromatic carbocycles. The minimum Gasteiger partial charge on any atom is -0.267 e. The highest BCUT2D eigenvalue weighted by Crippen LogP contribution is 2.25. The van der Waals surface area contributed by atoms with Gasteiger partial charge in [-0.3, -0.25) is 4.68 Å². The largest absolute Gasteiger partial charge is 0.267 e. The quantitative estimate of drug-likeness (QED) is 0.650. The molecule has 0 radical (unpaired) electrons. The molecule has 0 bridgehead atoms. The van der Waals surface area contributed by atoms with Crippen molar-refractivity contribution in [2.75, 3.05) is 0 Å². The first-order valence-electron chi connectivity index (χ1n) is 6.47. The molecule has 0 aliphatic carbocycles. The van der Waals surface area contributed by atoms with Crippen LogP contribution in [0.25, 0.3) is 22.4 Å². The molecule has 0 aliphatic heterocycles. The lowest BCUT2D eigenvalue weighted by molar-refractivity contribution is 0.759. The Kier molecular flexibility index (Phi) is 3.59. The number of hydrogen-bond acceptors (Lipinski definition) is 2. The van der Waals surface area contributed by atoms with Crippen molar-refractivity contribution in [1.82, 2.24) is 9.78 Å². The summed E-state index contributed by atoms with van der Waals surface area (Å²) < 4.78 is 2.61. The maximum Gasteiger partial charge on any atom is 0.0998 e. The van der Waals surface area contributed by atoms with Crippen molar-refractivity contribution in [3.05, 3.63) is 64.4 Å². The van der Waals surface area contributed by atoms with Gasteiger partial charge in [-0.15, -0.1) is 0 Å². The van der Waals surface area contributed by atoms with Crippen LogP contribution in [0.5, 0.6) is 0 Å². The highest BCUT2D eigenvalue weighted by atomic mass is 79.9. The molecule has 3 rings (SSSR count). The predicted molar refractivity (Wildman–Crippen MR) is 88.3 cm³/mol. The van der Waals surface area contributed by atoms with Gasteiger partial charge in [-0.05, 0) is 44.4 Å². The van der Waals surface area contributed by atoms with Crippen LogP contribution in [0.15, 0.2) is 53.1 Å². The Morgan fingerprint density at radius 2 is 2.00 bits per heavy atom. The fourth-order valence-corrected chi connectivity index (χ4v) is 2.72. The average molecular weight is 338 g/mol. The van der Waals surface area contributed by atoms with Gasteiger partial charge in [-0.1, -0.05) is 36.4 Å². The van der Waals surface area contributed by atoms with Crippen molar-refractivity contribution < 1.29 is 0 Å². The molecule has 3 nitrogen and oxygen atoms in total. The standard InChI is InChI=1S/C17H12BrN3/c1-21-17(16(18)11-20-21)9-15(10-19)14-7-6-12-4-2-3-5-13(12)8-14/h2-9,11H,1H3/b15-9+. The zero-order chi connectivity index (χ0) is 14.8. The molecule has 0 aliphatic rings. The van der Waals surface area contributed by atoms with Crippen LogP contribution < -0.4 is 0 Å². The maximum absolute atomic E-state index is 9.47. The Morgan fingerprint density at radius 3 is 2.67 bits per heavy atom. The van der Waals surface area contributed by atoms with Crippen LogP contribution in [0.3, 0.4) is 0 Å². The second-order valence-corrected chi connectivity index (χ2v) is 5.59. The van der Waals surface area contributed by atoms with E-state index in [0.29, 0.717) is 5.57 Å². The van der Waals surface area contributed by atoms with Crippen LogP contribution in [0.4, 0.5) is 0 Å². The number of aromatic nitrogens is 2. The van der Waals surface area contributed by atoms with Gasteiger partial charge in [0.25, 0.3) is 0 Å². The summed E-state index contributed by atoms with van der Waals surface area (Å²) >= 11 is 3.45. The van der Waals surface area contributed by atoms with Crippen molar-refractivity contribution in [1.29, 1.82) is 5.26 Å². The molecule has 1 heterocycles. The molecule has 0 spiro atoms. The van der Waals surface area contributed by atoms with Crippen LogP contribution in [0.2, 0.25) is 0 Å². The number of benzene rings is 2. The Balaban J connectivity index is 2.12. The van der Waals surface area contributed by atoms with Gasteiger partial charge in [0.1, 0.15) is 0 Å². The lowest BCUT2D eigenvalue weighted by Gasteiger charge is -2.03. The molecule has 0 saturated heterocycles. The summed E-state index contributed by atoms with van der Waals surface area (Å²) in [5.41, 5.74) is 2.40. The van der Waals surface area contributed by atoms with Crippen LogP contribution >= 0.6 is 15.9 Å². The van der Waals surface area contributed by atoms with E-state index in [4.69, 9.17) is 0 Å². The Bertz CT molecular complexity index is 865. The first-order chi connectivity index (χ1) is 10.2. The van der Waals surface area contributed by atoms with Gasteiger partial charge in [-0.2, -0.15) is 10.4 Å². The van der Waals surface area contributed by atoms with Crippen molar-refractivity contribution in [3.63, 3.8) is 0 Å². The molecule has 3 aromatic rings. The normalized spacial score (nSPS) is 11.6. The number of halogens is 1. The van der Waals surface area contributed by atoms with E-state index >= 15 is 0 Å². The van der Waals surface area contributed by atoms with Crippen molar-refractivity contribution in [2.24, 2.45) is 7.05 Å². The van der Waals surface area contributed by atoms with Gasteiger partial charge < -0.3 is 0 Å². The lowest BCUT2D eigenvalue weighted by atomic mass is 10.0. The van der Waals surface area contributed by atoms with Gasteiger partial charge in [-0.25, -0.2) is 0 Å². The highest BCUT2D eigenvalue weighted by molar-refractivity contribution is 9.10. The van der Waals surface area contributed by atoms with Crippen LogP contribution in [0.1, 0.15) is 11.3 Å². The fraction of sp³-hybridized carbons (Fsp3) is 0.0588. The van der Waals surface area contributed by atoms with Gasteiger partial charge >= 0.3 is 0 Å². The summed E-state index contributed by atoms with van der Waals surface area (Å²) in [5, 5.41) is 15.9. The number of rotatable bonds is 2. The van der Waals surface area contributed by atoms with Gasteiger partial charge in [0.15, 0.2) is 0 Å². The number of nitrogens with zero attached hydrogens (tertiary/aromatic N) is 3. The molecule has 4 heteroatoms. The van der Waals surface area contributed by atoms with Gasteiger partial charge in [0.05, 0.1) is 28.0 Å². The third kappa shape index (κ3) is 2.61. The molecule has 21 heavy (non-hydrogen) atoms. The lowest BCUT2D eigenvalue weighted by Crippen LogP contribution is -1.93. The smallest absolute Gasteiger partial charge is 0.0998 e. The van der Waals surface area contributed by atoms with Crippen LogP contribution in [-0.4, -0.2) is 9.78 Å². The Labute approximate surface area is 131 Å². The average Bonchev–Trinajstić information content (AvgIpc) is 2.83. The minimum absolute atomic E-state index is 0.616. The third-order valence-corrected chi connectivity index (χ3v) is 4.01. The highest BCUT2D eigenvalue weighted by Gasteiger charge is 2.07.